The molecule has 4 heteroatoms. The van der Waals surface area contributed by atoms with E-state index >= 15 is 0 Å². The predicted octanol–water partition coefficient (Wildman–Crippen LogP) is 2.74. The second-order valence-electron chi connectivity index (χ2n) is 4.56. The number of ether oxygens (including phenoxy) is 1. The van der Waals surface area contributed by atoms with Gasteiger partial charge in [-0.05, 0) is 37.8 Å². The van der Waals surface area contributed by atoms with E-state index < -0.39 is 17.2 Å². The third kappa shape index (κ3) is 2.33. The molecule has 17 heavy (non-hydrogen) atoms. The molecule has 0 bridgehead atoms. The lowest BCUT2D eigenvalue weighted by atomic mass is 9.78. The van der Waals surface area contributed by atoms with E-state index in [2.05, 4.69) is 0 Å². The number of aliphatic hydroxyl groups is 1. The topological polar surface area (TPSA) is 29.5 Å². The van der Waals surface area contributed by atoms with E-state index in [4.69, 9.17) is 4.74 Å². The number of halogens is 2. The van der Waals surface area contributed by atoms with Gasteiger partial charge in [0.1, 0.15) is 11.6 Å². The van der Waals surface area contributed by atoms with E-state index in [1.165, 1.54) is 18.2 Å². The summed E-state index contributed by atoms with van der Waals surface area (Å²) in [6, 6.07) is 3.66. The summed E-state index contributed by atoms with van der Waals surface area (Å²) in [5.41, 5.74) is -1.60. The Kier molecular flexibility index (Phi) is 3.45. The molecule has 2 rings (SSSR count). The van der Waals surface area contributed by atoms with Crippen LogP contribution in [0, 0.1) is 11.6 Å². The van der Waals surface area contributed by atoms with Crippen molar-refractivity contribution in [2.75, 3.05) is 7.11 Å². The van der Waals surface area contributed by atoms with Crippen LogP contribution < -0.4 is 0 Å². The van der Waals surface area contributed by atoms with E-state index in [0.717, 1.165) is 0 Å². The van der Waals surface area contributed by atoms with Crippen molar-refractivity contribution in [3.8, 4) is 0 Å². The summed E-state index contributed by atoms with van der Waals surface area (Å²) in [5, 5.41) is 10.4. The molecule has 1 aliphatic rings. The molecule has 2 nitrogen and oxygen atoms in total. The van der Waals surface area contributed by atoms with Gasteiger partial charge < -0.3 is 9.84 Å². The highest BCUT2D eigenvalue weighted by Gasteiger charge is 2.38. The van der Waals surface area contributed by atoms with Gasteiger partial charge in [0.25, 0.3) is 0 Å². The van der Waals surface area contributed by atoms with Crippen LogP contribution in [-0.2, 0) is 10.3 Å². The zero-order valence-corrected chi connectivity index (χ0v) is 9.75. The van der Waals surface area contributed by atoms with Gasteiger partial charge in [0.15, 0.2) is 0 Å². The van der Waals surface area contributed by atoms with Crippen LogP contribution in [0.2, 0.25) is 0 Å². The number of benzene rings is 1. The van der Waals surface area contributed by atoms with E-state index in [0.29, 0.717) is 25.7 Å². The first-order valence-corrected chi connectivity index (χ1v) is 5.76. The fourth-order valence-corrected chi connectivity index (χ4v) is 2.50. The third-order valence-electron chi connectivity index (χ3n) is 3.52. The molecule has 0 aliphatic heterocycles. The van der Waals surface area contributed by atoms with Crippen LogP contribution in [0.4, 0.5) is 8.78 Å². The van der Waals surface area contributed by atoms with Gasteiger partial charge >= 0.3 is 0 Å². The molecule has 1 aliphatic carbocycles. The molecule has 94 valence electrons. The predicted molar refractivity (Wildman–Crippen MR) is 59.5 cm³/mol. The Bertz CT molecular complexity index is 378. The van der Waals surface area contributed by atoms with E-state index in [1.807, 2.05) is 0 Å². The van der Waals surface area contributed by atoms with Gasteiger partial charge in [0.05, 0.1) is 17.3 Å². The maximum absolute atomic E-state index is 13.6. The highest BCUT2D eigenvalue weighted by Crippen LogP contribution is 2.40. The SMILES string of the molecule is COC1CCC(O)(c2c(F)cccc2F)CC1. The highest BCUT2D eigenvalue weighted by atomic mass is 19.1. The summed E-state index contributed by atoms with van der Waals surface area (Å²) in [6.07, 6.45) is 1.94. The molecule has 1 N–H and O–H groups in total. The summed E-state index contributed by atoms with van der Waals surface area (Å²) in [7, 11) is 1.61. The van der Waals surface area contributed by atoms with Crippen LogP contribution in [0.5, 0.6) is 0 Å². The average molecular weight is 242 g/mol. The van der Waals surface area contributed by atoms with E-state index in [-0.39, 0.29) is 11.7 Å². The van der Waals surface area contributed by atoms with Crippen LogP contribution in [0.3, 0.4) is 0 Å². The summed E-state index contributed by atoms with van der Waals surface area (Å²) >= 11 is 0. The maximum Gasteiger partial charge on any atom is 0.132 e. The minimum atomic E-state index is -1.40. The summed E-state index contributed by atoms with van der Waals surface area (Å²) in [5.74, 6) is -1.35. The first-order valence-electron chi connectivity index (χ1n) is 5.76. The molecule has 1 aromatic carbocycles. The first-order chi connectivity index (χ1) is 8.07. The smallest absolute Gasteiger partial charge is 0.132 e. The van der Waals surface area contributed by atoms with Crippen LogP contribution in [0.15, 0.2) is 18.2 Å². The molecule has 1 saturated carbocycles. The normalized spacial score (nSPS) is 29.3. The second kappa shape index (κ2) is 4.70. The fourth-order valence-electron chi connectivity index (χ4n) is 2.50. The highest BCUT2D eigenvalue weighted by molar-refractivity contribution is 5.26. The van der Waals surface area contributed by atoms with Crippen LogP contribution >= 0.6 is 0 Å². The second-order valence-corrected chi connectivity index (χ2v) is 4.56. The standard InChI is InChI=1S/C13H16F2O2/c1-17-9-5-7-13(16,8-6-9)12-10(14)3-2-4-11(12)15/h2-4,9,16H,5-8H2,1H3. The third-order valence-corrected chi connectivity index (χ3v) is 3.52. The molecule has 0 radical (unpaired) electrons. The monoisotopic (exact) mass is 242 g/mol. The number of methoxy groups -OCH3 is 1. The van der Waals surface area contributed by atoms with Crippen molar-refractivity contribution >= 4 is 0 Å². The molecule has 1 fully saturated rings. The van der Waals surface area contributed by atoms with Gasteiger partial charge in [-0.1, -0.05) is 6.07 Å². The van der Waals surface area contributed by atoms with E-state index in [1.54, 1.807) is 7.11 Å². The quantitative estimate of drug-likeness (QED) is 0.864. The lowest BCUT2D eigenvalue weighted by Crippen LogP contribution is -2.35. The Balaban J connectivity index is 2.27. The van der Waals surface area contributed by atoms with Crippen LogP contribution in [-0.4, -0.2) is 18.3 Å². The zero-order valence-electron chi connectivity index (χ0n) is 9.75. The Morgan fingerprint density at radius 1 is 1.24 bits per heavy atom. The molecule has 0 atom stereocenters. The minimum absolute atomic E-state index is 0.0742. The Labute approximate surface area is 99.2 Å². The Hall–Kier alpha value is -1.00. The molecule has 0 amide bonds. The molecule has 0 unspecified atom stereocenters. The van der Waals surface area contributed by atoms with Crippen molar-refractivity contribution in [3.63, 3.8) is 0 Å². The lowest BCUT2D eigenvalue weighted by molar-refractivity contribution is -0.0514. The van der Waals surface area contributed by atoms with Gasteiger partial charge in [-0.3, -0.25) is 0 Å². The molecular weight excluding hydrogens is 226 g/mol. The summed E-state index contributed by atoms with van der Waals surface area (Å²) in [6.45, 7) is 0. The van der Waals surface area contributed by atoms with Gasteiger partial charge in [0, 0.05) is 7.11 Å². The summed E-state index contributed by atoms with van der Waals surface area (Å²) in [4.78, 5) is 0. The van der Waals surface area contributed by atoms with Gasteiger partial charge in [-0.2, -0.15) is 0 Å². The van der Waals surface area contributed by atoms with Gasteiger partial charge in [-0.25, -0.2) is 8.78 Å². The van der Waals surface area contributed by atoms with Crippen molar-refractivity contribution in [2.45, 2.75) is 37.4 Å². The Morgan fingerprint density at radius 3 is 2.24 bits per heavy atom. The molecule has 0 saturated heterocycles. The van der Waals surface area contributed by atoms with E-state index in [9.17, 15) is 13.9 Å². The molecule has 0 spiro atoms. The minimum Gasteiger partial charge on any atom is -0.385 e. The number of hydrogen-bond donors (Lipinski definition) is 1. The van der Waals surface area contributed by atoms with Gasteiger partial charge in [-0.15, -0.1) is 0 Å². The first kappa shape index (κ1) is 12.5. The van der Waals surface area contributed by atoms with Crippen molar-refractivity contribution in [3.05, 3.63) is 35.4 Å². The Morgan fingerprint density at radius 2 is 1.76 bits per heavy atom. The zero-order chi connectivity index (χ0) is 12.5. The van der Waals surface area contributed by atoms with Crippen molar-refractivity contribution in [1.82, 2.24) is 0 Å². The van der Waals surface area contributed by atoms with Crippen molar-refractivity contribution < 1.29 is 18.6 Å². The largest absolute Gasteiger partial charge is 0.385 e. The summed E-state index contributed by atoms with van der Waals surface area (Å²) < 4.78 is 32.4. The fraction of sp³-hybridized carbons (Fsp3) is 0.538. The van der Waals surface area contributed by atoms with Crippen molar-refractivity contribution in [2.24, 2.45) is 0 Å². The number of hydrogen-bond acceptors (Lipinski definition) is 2. The average Bonchev–Trinajstić information content (AvgIpc) is 2.29. The molecule has 1 aromatic rings. The van der Waals surface area contributed by atoms with Gasteiger partial charge in [0.2, 0.25) is 0 Å². The lowest BCUT2D eigenvalue weighted by Gasteiger charge is -2.36. The maximum atomic E-state index is 13.6. The number of rotatable bonds is 2. The molecule has 0 aromatic heterocycles. The van der Waals surface area contributed by atoms with Crippen LogP contribution in [0.25, 0.3) is 0 Å². The van der Waals surface area contributed by atoms with Crippen LogP contribution in [0.1, 0.15) is 31.2 Å². The molecular formula is C13H16F2O2. The van der Waals surface area contributed by atoms with Crippen molar-refractivity contribution in [1.29, 1.82) is 0 Å². The molecule has 0 heterocycles.